The molecule has 5 rings (SSSR count). The lowest BCUT2D eigenvalue weighted by Crippen LogP contribution is -2.28. The van der Waals surface area contributed by atoms with E-state index < -0.39 is 5.97 Å². The molecule has 1 aromatic heterocycles. The molecule has 0 saturated carbocycles. The summed E-state index contributed by atoms with van der Waals surface area (Å²) >= 11 is 0. The van der Waals surface area contributed by atoms with Crippen LogP contribution in [-0.2, 0) is 11.2 Å². The van der Waals surface area contributed by atoms with E-state index in [0.29, 0.717) is 29.8 Å². The van der Waals surface area contributed by atoms with Crippen molar-refractivity contribution in [3.63, 3.8) is 0 Å². The van der Waals surface area contributed by atoms with Gasteiger partial charge in [-0.1, -0.05) is 32.0 Å². The first-order valence-corrected chi connectivity index (χ1v) is 10.5. The number of benzene rings is 1. The Balaban J connectivity index is 1.71. The van der Waals surface area contributed by atoms with E-state index in [0.717, 1.165) is 0 Å². The Kier molecular flexibility index (Phi) is 4.70. The Hall–Kier alpha value is -4.14. The molecule has 0 saturated heterocycles. The van der Waals surface area contributed by atoms with E-state index in [1.165, 1.54) is 28.8 Å². The van der Waals surface area contributed by atoms with Crippen molar-refractivity contribution in [2.45, 2.75) is 26.7 Å². The van der Waals surface area contributed by atoms with Gasteiger partial charge in [-0.2, -0.15) is 9.78 Å². The molecule has 0 atom stereocenters. The number of para-hydroxylation sites is 1. The van der Waals surface area contributed by atoms with E-state index >= 15 is 0 Å². The Morgan fingerprint density at radius 1 is 1.06 bits per heavy atom. The van der Waals surface area contributed by atoms with Gasteiger partial charge in [0.15, 0.2) is 5.78 Å². The van der Waals surface area contributed by atoms with Crippen molar-refractivity contribution >= 4 is 11.8 Å². The summed E-state index contributed by atoms with van der Waals surface area (Å²) in [4.78, 5) is 47.2. The predicted molar refractivity (Wildman–Crippen MR) is 119 cm³/mol. The second kappa shape index (κ2) is 7.47. The number of fused-ring (bicyclic) bond motifs is 2. The molecule has 2 aromatic rings. The third-order valence-corrected chi connectivity index (χ3v) is 5.75. The number of ketones is 1. The highest BCUT2D eigenvalue weighted by molar-refractivity contribution is 5.98. The van der Waals surface area contributed by atoms with Crippen LogP contribution in [0.25, 0.3) is 22.9 Å². The van der Waals surface area contributed by atoms with Crippen molar-refractivity contribution in [3.05, 3.63) is 76.1 Å². The number of esters is 1. The van der Waals surface area contributed by atoms with Gasteiger partial charge in [-0.15, -0.1) is 0 Å². The van der Waals surface area contributed by atoms with Gasteiger partial charge >= 0.3 is 5.97 Å². The lowest BCUT2D eigenvalue weighted by molar-refractivity contribution is 0.0600. The van der Waals surface area contributed by atoms with E-state index in [9.17, 15) is 14.4 Å². The van der Waals surface area contributed by atoms with E-state index in [1.54, 1.807) is 30.5 Å². The fraction of sp³-hybridized carbons (Fsp3) is 0.250. The number of pyridine rings is 1. The van der Waals surface area contributed by atoms with Gasteiger partial charge in [0, 0.05) is 25.0 Å². The molecule has 0 amide bonds. The summed E-state index contributed by atoms with van der Waals surface area (Å²) in [5.41, 5.74) is 1.70. The van der Waals surface area contributed by atoms with Crippen LogP contribution in [0.5, 0.6) is 0 Å². The minimum absolute atomic E-state index is 0.00878. The van der Waals surface area contributed by atoms with Crippen LogP contribution in [0.1, 0.15) is 46.7 Å². The molecule has 0 spiro atoms. The van der Waals surface area contributed by atoms with Crippen molar-refractivity contribution in [1.82, 2.24) is 24.3 Å². The van der Waals surface area contributed by atoms with Gasteiger partial charge in [-0.25, -0.2) is 14.8 Å². The molecule has 0 fully saturated rings. The average Bonchev–Trinajstić information content (AvgIpc) is 3.13. The van der Waals surface area contributed by atoms with Gasteiger partial charge in [-0.05, 0) is 24.0 Å². The standard InChI is InChI=1S/C24H21N5O4/c1-24(2)9-18-15(19(30)10-24)11-25-23(26-18)28-12-16-20(17(13-28)22(32)33-3)27-29(21(16)31)14-7-5-4-6-8-14/h4-8,11-13H,9-10H2,1-3H3. The number of Topliss-reactive ketones (excluding diaryl/α,β-unsaturated/α-hetero) is 1. The van der Waals surface area contributed by atoms with Gasteiger partial charge < -0.3 is 4.74 Å². The third kappa shape index (κ3) is 3.51. The van der Waals surface area contributed by atoms with Gasteiger partial charge in [0.1, 0.15) is 11.3 Å². The van der Waals surface area contributed by atoms with E-state index in [1.807, 2.05) is 19.9 Å². The first-order chi connectivity index (χ1) is 15.8. The monoisotopic (exact) mass is 443 g/mol. The summed E-state index contributed by atoms with van der Waals surface area (Å²) in [5.74, 6) is -0.381. The maximum Gasteiger partial charge on any atom is 0.341 e. The smallest absolute Gasteiger partial charge is 0.341 e. The van der Waals surface area contributed by atoms with Crippen LogP contribution in [0, 0.1) is 5.41 Å². The van der Waals surface area contributed by atoms with Crippen LogP contribution in [0.2, 0.25) is 0 Å². The number of nitrogens with zero attached hydrogens (tertiary/aromatic N) is 5. The maximum absolute atomic E-state index is 13.2. The first kappa shape index (κ1) is 20.7. The zero-order valence-electron chi connectivity index (χ0n) is 18.4. The lowest BCUT2D eigenvalue weighted by atomic mass is 9.76. The number of aromatic nitrogens is 5. The molecule has 3 aliphatic rings. The van der Waals surface area contributed by atoms with Gasteiger partial charge in [0.2, 0.25) is 5.95 Å². The Morgan fingerprint density at radius 3 is 2.55 bits per heavy atom. The van der Waals surface area contributed by atoms with E-state index in [2.05, 4.69) is 15.1 Å². The second-order valence-corrected chi connectivity index (χ2v) is 8.86. The van der Waals surface area contributed by atoms with Crippen LogP contribution < -0.4 is 5.56 Å². The number of ether oxygens (including phenoxy) is 1. The normalized spacial score (nSPS) is 14.8. The first-order valence-electron chi connectivity index (χ1n) is 10.5. The molecule has 1 aromatic carbocycles. The van der Waals surface area contributed by atoms with Crippen molar-refractivity contribution in [2.24, 2.45) is 5.41 Å². The zero-order chi connectivity index (χ0) is 23.3. The van der Waals surface area contributed by atoms with Crippen molar-refractivity contribution in [3.8, 4) is 22.9 Å². The molecule has 0 bridgehead atoms. The lowest BCUT2D eigenvalue weighted by Gasteiger charge is -2.29. The molecule has 9 heteroatoms. The highest BCUT2D eigenvalue weighted by atomic mass is 16.5. The van der Waals surface area contributed by atoms with Crippen LogP contribution in [0.15, 0.2) is 53.7 Å². The molecule has 0 unspecified atom stereocenters. The maximum atomic E-state index is 13.2. The van der Waals surface area contributed by atoms with Crippen LogP contribution in [-0.4, -0.2) is 43.2 Å². The molecule has 166 valence electrons. The SMILES string of the molecule is COC(=O)c1cn(-c2ncc3c(n2)CC(C)(C)CC3=O)cc2c(=O)n(-c3ccccc3)nc1-2. The summed E-state index contributed by atoms with van der Waals surface area (Å²) in [7, 11) is 1.26. The number of methoxy groups -OCH3 is 1. The molecule has 0 N–H and O–H groups in total. The fourth-order valence-corrected chi connectivity index (χ4v) is 4.17. The van der Waals surface area contributed by atoms with Gasteiger partial charge in [0.25, 0.3) is 5.56 Å². The number of carbonyl (C=O) groups excluding carboxylic acids is 2. The molecular weight excluding hydrogens is 422 g/mol. The summed E-state index contributed by atoms with van der Waals surface area (Å²) in [6.45, 7) is 4.04. The minimum atomic E-state index is -0.638. The molecule has 33 heavy (non-hydrogen) atoms. The second-order valence-electron chi connectivity index (χ2n) is 8.86. The molecular formula is C24H21N5O4. The Bertz CT molecular complexity index is 1440. The molecule has 2 aliphatic heterocycles. The Morgan fingerprint density at radius 2 is 1.82 bits per heavy atom. The Labute approximate surface area is 189 Å². The topological polar surface area (TPSA) is 109 Å². The summed E-state index contributed by atoms with van der Waals surface area (Å²) in [6, 6.07) is 8.94. The van der Waals surface area contributed by atoms with Gasteiger partial charge in [0.05, 0.1) is 29.6 Å². The zero-order valence-corrected chi connectivity index (χ0v) is 18.4. The highest BCUT2D eigenvalue weighted by Gasteiger charge is 2.33. The summed E-state index contributed by atoms with van der Waals surface area (Å²) in [5, 5.41) is 4.39. The quantitative estimate of drug-likeness (QED) is 0.448. The van der Waals surface area contributed by atoms with E-state index in [4.69, 9.17) is 4.74 Å². The average molecular weight is 443 g/mol. The molecule has 9 nitrogen and oxygen atoms in total. The van der Waals surface area contributed by atoms with E-state index in [-0.39, 0.29) is 39.5 Å². The van der Waals surface area contributed by atoms with Crippen molar-refractivity contribution in [2.75, 3.05) is 7.11 Å². The molecule has 1 aliphatic carbocycles. The fourth-order valence-electron chi connectivity index (χ4n) is 4.17. The summed E-state index contributed by atoms with van der Waals surface area (Å²) in [6.07, 6.45) is 5.61. The van der Waals surface area contributed by atoms with Crippen LogP contribution in [0.4, 0.5) is 0 Å². The largest absolute Gasteiger partial charge is 0.465 e. The van der Waals surface area contributed by atoms with Crippen molar-refractivity contribution in [1.29, 1.82) is 0 Å². The predicted octanol–water partition coefficient (Wildman–Crippen LogP) is 2.86. The van der Waals surface area contributed by atoms with Gasteiger partial charge in [-0.3, -0.25) is 14.2 Å². The number of rotatable bonds is 3. The number of carbonyl (C=O) groups is 2. The third-order valence-electron chi connectivity index (χ3n) is 5.75. The highest BCUT2D eigenvalue weighted by Crippen LogP contribution is 2.34. The molecule has 0 radical (unpaired) electrons. The van der Waals surface area contributed by atoms with Crippen LogP contribution in [0.3, 0.4) is 0 Å². The van der Waals surface area contributed by atoms with Crippen molar-refractivity contribution < 1.29 is 14.3 Å². The van der Waals surface area contributed by atoms with Crippen LogP contribution >= 0.6 is 0 Å². The summed E-state index contributed by atoms with van der Waals surface area (Å²) < 4.78 is 7.68. The minimum Gasteiger partial charge on any atom is -0.465 e. The number of hydrogen-bond acceptors (Lipinski definition) is 7. The number of hydrogen-bond donors (Lipinski definition) is 0. The molecule has 3 heterocycles.